The molecule has 12 heteroatoms. The minimum Gasteiger partial charge on any atom is -0.350 e. The zero-order valence-corrected chi connectivity index (χ0v) is 24.5. The van der Waals surface area contributed by atoms with E-state index in [9.17, 15) is 31.2 Å². The van der Waals surface area contributed by atoms with Crippen molar-refractivity contribution < 1.29 is 31.2 Å². The smallest absolute Gasteiger partial charge is 0.350 e. The second-order valence-corrected chi connectivity index (χ2v) is 12.7. The van der Waals surface area contributed by atoms with E-state index >= 15 is 0 Å². The number of hydrogen-bond donors (Lipinski definition) is 1. The van der Waals surface area contributed by atoms with Gasteiger partial charge in [-0.15, -0.1) is 0 Å². The summed E-state index contributed by atoms with van der Waals surface area (Å²) in [6, 6.07) is 17.4. The van der Waals surface area contributed by atoms with Gasteiger partial charge in [-0.2, -0.15) is 13.2 Å². The van der Waals surface area contributed by atoms with E-state index in [4.69, 9.17) is 11.6 Å². The molecule has 0 aliphatic rings. The van der Waals surface area contributed by atoms with E-state index < -0.39 is 62.4 Å². The highest BCUT2D eigenvalue weighted by molar-refractivity contribution is 7.92. The topological polar surface area (TPSA) is 86.8 Å². The van der Waals surface area contributed by atoms with Crippen LogP contribution in [0.4, 0.5) is 18.9 Å². The number of alkyl halides is 3. The van der Waals surface area contributed by atoms with Crippen molar-refractivity contribution in [3.63, 3.8) is 0 Å². The monoisotopic (exact) mass is 609 g/mol. The average molecular weight is 610 g/mol. The number of halogens is 4. The number of sulfonamides is 1. The molecule has 0 aliphatic heterocycles. The summed E-state index contributed by atoms with van der Waals surface area (Å²) in [5.74, 6) is -1.28. The highest BCUT2D eigenvalue weighted by Gasteiger charge is 2.37. The van der Waals surface area contributed by atoms with Gasteiger partial charge in [-0.3, -0.25) is 13.9 Å². The molecule has 220 valence electrons. The largest absolute Gasteiger partial charge is 0.417 e. The van der Waals surface area contributed by atoms with Crippen LogP contribution in [0.5, 0.6) is 0 Å². The fraction of sp³-hybridized carbons (Fsp3) is 0.310. The number of amides is 2. The molecule has 2 amide bonds. The lowest BCUT2D eigenvalue weighted by atomic mass is 10.1. The van der Waals surface area contributed by atoms with Gasteiger partial charge in [0.1, 0.15) is 12.6 Å². The van der Waals surface area contributed by atoms with Crippen molar-refractivity contribution in [1.82, 2.24) is 10.2 Å². The van der Waals surface area contributed by atoms with Crippen molar-refractivity contribution in [3.8, 4) is 0 Å². The maximum Gasteiger partial charge on any atom is 0.417 e. The summed E-state index contributed by atoms with van der Waals surface area (Å²) in [6.45, 7) is 5.89. The molecule has 0 heterocycles. The van der Waals surface area contributed by atoms with Crippen molar-refractivity contribution in [1.29, 1.82) is 0 Å². The molecular formula is C29H31ClF3N3O4S. The Labute approximate surface area is 243 Å². The first-order valence-corrected chi connectivity index (χ1v) is 14.4. The quantitative estimate of drug-likeness (QED) is 0.328. The van der Waals surface area contributed by atoms with E-state index in [1.807, 2.05) is 0 Å². The van der Waals surface area contributed by atoms with Gasteiger partial charge in [0, 0.05) is 12.1 Å². The molecular weight excluding hydrogens is 579 g/mol. The first-order chi connectivity index (χ1) is 19.0. The average Bonchev–Trinajstić information content (AvgIpc) is 2.89. The summed E-state index contributed by atoms with van der Waals surface area (Å²) in [7, 11) is -4.53. The Balaban J connectivity index is 2.10. The van der Waals surface area contributed by atoms with Gasteiger partial charge < -0.3 is 10.2 Å². The van der Waals surface area contributed by atoms with Crippen molar-refractivity contribution in [2.24, 2.45) is 0 Å². The lowest BCUT2D eigenvalue weighted by molar-refractivity contribution is -0.140. The SMILES string of the molecule is C[C@H](C(=O)NC(C)(C)C)N(Cc1ccccc1)C(=O)CN(c1ccc(Cl)c(C(F)(F)F)c1)S(=O)(=O)c1ccccc1. The Morgan fingerprint density at radius 1 is 0.927 bits per heavy atom. The molecule has 1 atom stereocenters. The van der Waals surface area contributed by atoms with Crippen molar-refractivity contribution in [2.75, 3.05) is 10.8 Å². The molecule has 0 unspecified atom stereocenters. The molecule has 0 bridgehead atoms. The highest BCUT2D eigenvalue weighted by atomic mass is 35.5. The molecule has 0 spiro atoms. The van der Waals surface area contributed by atoms with Crippen LogP contribution < -0.4 is 9.62 Å². The van der Waals surface area contributed by atoms with Crippen LogP contribution in [0, 0.1) is 0 Å². The Hall–Kier alpha value is -3.57. The molecule has 7 nitrogen and oxygen atoms in total. The van der Waals surface area contributed by atoms with Gasteiger partial charge in [-0.25, -0.2) is 8.42 Å². The van der Waals surface area contributed by atoms with Gasteiger partial charge in [0.05, 0.1) is 21.2 Å². The van der Waals surface area contributed by atoms with E-state index in [2.05, 4.69) is 5.32 Å². The van der Waals surface area contributed by atoms with Gasteiger partial charge in [0.15, 0.2) is 0 Å². The highest BCUT2D eigenvalue weighted by Crippen LogP contribution is 2.38. The normalized spacial score (nSPS) is 12.9. The summed E-state index contributed by atoms with van der Waals surface area (Å²) in [4.78, 5) is 27.9. The Bertz CT molecular complexity index is 1480. The minimum atomic E-state index is -4.88. The molecule has 0 saturated carbocycles. The van der Waals surface area contributed by atoms with Crippen molar-refractivity contribution >= 4 is 39.1 Å². The van der Waals surface area contributed by atoms with Crippen LogP contribution >= 0.6 is 11.6 Å². The van der Waals surface area contributed by atoms with Crippen LogP contribution in [0.25, 0.3) is 0 Å². The Morgan fingerprint density at radius 2 is 1.49 bits per heavy atom. The molecule has 41 heavy (non-hydrogen) atoms. The Morgan fingerprint density at radius 3 is 2.02 bits per heavy atom. The summed E-state index contributed by atoms with van der Waals surface area (Å²) < 4.78 is 69.2. The van der Waals surface area contributed by atoms with Crippen LogP contribution in [0.3, 0.4) is 0 Å². The van der Waals surface area contributed by atoms with E-state index in [0.29, 0.717) is 15.9 Å². The van der Waals surface area contributed by atoms with Crippen LogP contribution in [-0.2, 0) is 32.3 Å². The summed E-state index contributed by atoms with van der Waals surface area (Å²) in [5, 5.41) is 2.18. The standard InChI is InChI=1S/C29H31ClF3N3O4S/c1-20(27(38)34-28(2,3)4)35(18-21-11-7-5-8-12-21)26(37)19-36(41(39,40)23-13-9-6-10-14-23)22-15-16-25(30)24(17-22)29(31,32)33/h5-17,20H,18-19H2,1-4H3,(H,34,38)/t20-/m1/s1. The van der Waals surface area contributed by atoms with Crippen LogP contribution in [0.1, 0.15) is 38.8 Å². The molecule has 0 aromatic heterocycles. The number of carbonyl (C=O) groups excluding carboxylic acids is 2. The second-order valence-electron chi connectivity index (χ2n) is 10.4. The van der Waals surface area contributed by atoms with Crippen LogP contribution in [-0.4, -0.2) is 43.3 Å². The van der Waals surface area contributed by atoms with Gasteiger partial charge in [0.2, 0.25) is 11.8 Å². The number of rotatable bonds is 9. The van der Waals surface area contributed by atoms with Crippen LogP contribution in [0.15, 0.2) is 83.8 Å². The van der Waals surface area contributed by atoms with E-state index in [1.54, 1.807) is 57.2 Å². The fourth-order valence-corrected chi connectivity index (χ4v) is 5.62. The van der Waals surface area contributed by atoms with E-state index in [-0.39, 0.29) is 11.4 Å². The fourth-order valence-electron chi connectivity index (χ4n) is 3.97. The molecule has 0 fully saturated rings. The number of carbonyl (C=O) groups is 2. The van der Waals surface area contributed by atoms with E-state index in [1.165, 1.54) is 36.1 Å². The van der Waals surface area contributed by atoms with Gasteiger partial charge in [-0.1, -0.05) is 60.1 Å². The molecule has 1 N–H and O–H groups in total. The molecule has 3 rings (SSSR count). The maximum absolute atomic E-state index is 13.9. The number of nitrogens with zero attached hydrogens (tertiary/aromatic N) is 2. The molecule has 3 aromatic rings. The second kappa shape index (κ2) is 12.5. The summed E-state index contributed by atoms with van der Waals surface area (Å²) in [5.41, 5.74) is -1.62. The van der Waals surface area contributed by atoms with Crippen LogP contribution in [0.2, 0.25) is 5.02 Å². The zero-order chi connectivity index (χ0) is 30.6. The zero-order valence-electron chi connectivity index (χ0n) is 22.9. The third-order valence-corrected chi connectivity index (χ3v) is 8.13. The number of hydrogen-bond acceptors (Lipinski definition) is 4. The number of nitrogens with one attached hydrogen (secondary N) is 1. The first kappa shape index (κ1) is 32.0. The van der Waals surface area contributed by atoms with E-state index in [0.717, 1.165) is 12.1 Å². The third-order valence-electron chi connectivity index (χ3n) is 6.01. The third kappa shape index (κ3) is 8.23. The predicted molar refractivity (Wildman–Crippen MR) is 152 cm³/mol. The molecule has 0 saturated heterocycles. The number of anilines is 1. The minimum absolute atomic E-state index is 0.0496. The lowest BCUT2D eigenvalue weighted by Gasteiger charge is -2.33. The molecule has 0 aliphatic carbocycles. The van der Waals surface area contributed by atoms with Gasteiger partial charge >= 0.3 is 6.18 Å². The predicted octanol–water partition coefficient (Wildman–Crippen LogP) is 5.89. The number of benzene rings is 3. The lowest BCUT2D eigenvalue weighted by Crippen LogP contribution is -2.54. The molecule has 0 radical (unpaired) electrons. The Kier molecular flexibility index (Phi) is 9.76. The first-order valence-electron chi connectivity index (χ1n) is 12.6. The summed E-state index contributed by atoms with van der Waals surface area (Å²) >= 11 is 5.78. The van der Waals surface area contributed by atoms with Crippen molar-refractivity contribution in [2.45, 2.75) is 56.9 Å². The maximum atomic E-state index is 13.9. The summed E-state index contributed by atoms with van der Waals surface area (Å²) in [6.07, 6.45) is -4.88. The van der Waals surface area contributed by atoms with Gasteiger partial charge in [0.25, 0.3) is 10.0 Å². The molecule has 3 aromatic carbocycles. The van der Waals surface area contributed by atoms with Crippen molar-refractivity contribution in [3.05, 3.63) is 95.0 Å². The van der Waals surface area contributed by atoms with Gasteiger partial charge in [-0.05, 0) is 63.6 Å².